The number of likely N-dealkylation sites (N-methyl/N-ethyl adjacent to an activating group) is 1. The second-order valence-electron chi connectivity index (χ2n) is 1.79. The summed E-state index contributed by atoms with van der Waals surface area (Å²) in [4.78, 5) is 10.6. The van der Waals surface area contributed by atoms with Gasteiger partial charge < -0.3 is 11.1 Å². The van der Waals surface area contributed by atoms with Crippen LogP contribution in [0.4, 0.5) is 0 Å². The van der Waals surface area contributed by atoms with Gasteiger partial charge in [-0.25, -0.2) is 0 Å². The van der Waals surface area contributed by atoms with Crippen LogP contribution in [0.15, 0.2) is 0 Å². The van der Waals surface area contributed by atoms with Gasteiger partial charge in [0.05, 0.1) is 12.6 Å². The Morgan fingerprint density at radius 2 is 2.38 bits per heavy atom. The lowest BCUT2D eigenvalue weighted by molar-refractivity contribution is -0.119. The summed E-state index contributed by atoms with van der Waals surface area (Å²) in [5.41, 5.74) is 5.23. The molecular weight excluding hydrogens is 104 g/mol. The molecule has 0 rings (SSSR count). The summed E-state index contributed by atoms with van der Waals surface area (Å²) in [6, 6.07) is -0.331. The first-order valence-electron chi connectivity index (χ1n) is 2.61. The highest BCUT2D eigenvalue weighted by Crippen LogP contribution is 1.74. The van der Waals surface area contributed by atoms with E-state index in [9.17, 15) is 4.79 Å². The van der Waals surface area contributed by atoms with Crippen LogP contribution < -0.4 is 11.1 Å². The van der Waals surface area contributed by atoms with Crippen LogP contribution in [0.1, 0.15) is 6.92 Å². The van der Waals surface area contributed by atoms with Gasteiger partial charge in [0.1, 0.15) is 0 Å². The Morgan fingerprint density at radius 3 is 2.50 bits per heavy atom. The maximum Gasteiger partial charge on any atom is 0.162 e. The SMILES string of the molecule is CNCC(=O)C(C)N. The Morgan fingerprint density at radius 1 is 1.88 bits per heavy atom. The molecule has 0 heterocycles. The molecule has 8 heavy (non-hydrogen) atoms. The number of Topliss-reactive ketones (excluding diaryl/α,β-unsaturated/α-hetero) is 1. The summed E-state index contributed by atoms with van der Waals surface area (Å²) >= 11 is 0. The van der Waals surface area contributed by atoms with E-state index in [1.54, 1.807) is 14.0 Å². The van der Waals surface area contributed by atoms with E-state index in [4.69, 9.17) is 5.73 Å². The zero-order valence-electron chi connectivity index (χ0n) is 5.27. The lowest BCUT2D eigenvalue weighted by Crippen LogP contribution is -2.33. The van der Waals surface area contributed by atoms with Gasteiger partial charge in [0.2, 0.25) is 0 Å². The van der Waals surface area contributed by atoms with Gasteiger partial charge in [-0.3, -0.25) is 4.79 Å². The molecule has 0 saturated carbocycles. The molecule has 0 aromatic rings. The number of carbonyl (C=O) groups is 1. The first-order valence-corrected chi connectivity index (χ1v) is 2.61. The molecule has 0 aliphatic carbocycles. The van der Waals surface area contributed by atoms with Gasteiger partial charge in [0, 0.05) is 0 Å². The van der Waals surface area contributed by atoms with Crippen molar-refractivity contribution in [3.05, 3.63) is 0 Å². The van der Waals surface area contributed by atoms with E-state index in [0.717, 1.165) is 0 Å². The normalized spacial score (nSPS) is 13.4. The zero-order valence-corrected chi connectivity index (χ0v) is 5.27. The number of ketones is 1. The van der Waals surface area contributed by atoms with E-state index in [2.05, 4.69) is 5.32 Å². The van der Waals surface area contributed by atoms with Crippen molar-refractivity contribution >= 4 is 5.78 Å². The van der Waals surface area contributed by atoms with E-state index >= 15 is 0 Å². The van der Waals surface area contributed by atoms with Gasteiger partial charge in [-0.1, -0.05) is 0 Å². The fourth-order valence-electron chi connectivity index (χ4n) is 0.335. The quantitative estimate of drug-likeness (QED) is 0.503. The fraction of sp³-hybridized carbons (Fsp3) is 0.800. The van der Waals surface area contributed by atoms with Crippen molar-refractivity contribution in [2.75, 3.05) is 13.6 Å². The number of hydrogen-bond donors (Lipinski definition) is 2. The summed E-state index contributed by atoms with van der Waals surface area (Å²) in [6.07, 6.45) is 0. The highest BCUT2D eigenvalue weighted by atomic mass is 16.1. The third kappa shape index (κ3) is 2.71. The Labute approximate surface area is 49.3 Å². The van der Waals surface area contributed by atoms with Gasteiger partial charge in [-0.15, -0.1) is 0 Å². The fourth-order valence-corrected chi connectivity index (χ4v) is 0.335. The molecule has 0 saturated heterocycles. The smallest absolute Gasteiger partial charge is 0.162 e. The molecule has 48 valence electrons. The molecule has 0 amide bonds. The van der Waals surface area contributed by atoms with Crippen molar-refractivity contribution in [3.8, 4) is 0 Å². The van der Waals surface area contributed by atoms with Crippen LogP contribution in [0, 0.1) is 0 Å². The summed E-state index contributed by atoms with van der Waals surface area (Å²) < 4.78 is 0. The van der Waals surface area contributed by atoms with Crippen molar-refractivity contribution in [2.24, 2.45) is 5.73 Å². The van der Waals surface area contributed by atoms with Crippen molar-refractivity contribution < 1.29 is 4.79 Å². The molecule has 3 N–H and O–H groups in total. The standard InChI is InChI=1S/C5H12N2O/c1-4(6)5(8)3-7-2/h4,7H,3,6H2,1-2H3. The minimum atomic E-state index is -0.331. The van der Waals surface area contributed by atoms with Crippen LogP contribution in [0.3, 0.4) is 0 Å². The van der Waals surface area contributed by atoms with E-state index in [1.165, 1.54) is 0 Å². The van der Waals surface area contributed by atoms with Crippen molar-refractivity contribution in [1.29, 1.82) is 0 Å². The number of carbonyl (C=O) groups excluding carboxylic acids is 1. The van der Waals surface area contributed by atoms with Crippen LogP contribution in [0.5, 0.6) is 0 Å². The monoisotopic (exact) mass is 116 g/mol. The predicted molar refractivity (Wildman–Crippen MR) is 32.6 cm³/mol. The number of nitrogens with one attached hydrogen (secondary N) is 1. The summed E-state index contributed by atoms with van der Waals surface area (Å²) in [5, 5.41) is 2.72. The molecule has 0 aromatic heterocycles. The van der Waals surface area contributed by atoms with Gasteiger partial charge in [0.15, 0.2) is 5.78 Å². The molecule has 0 radical (unpaired) electrons. The zero-order chi connectivity index (χ0) is 6.57. The molecule has 1 atom stereocenters. The highest BCUT2D eigenvalue weighted by molar-refractivity contribution is 5.85. The third-order valence-electron chi connectivity index (χ3n) is 0.859. The third-order valence-corrected chi connectivity index (χ3v) is 0.859. The summed E-state index contributed by atoms with van der Waals surface area (Å²) in [6.45, 7) is 2.05. The second kappa shape index (κ2) is 3.57. The van der Waals surface area contributed by atoms with E-state index in [0.29, 0.717) is 6.54 Å². The molecule has 0 spiro atoms. The van der Waals surface area contributed by atoms with Gasteiger partial charge >= 0.3 is 0 Å². The van der Waals surface area contributed by atoms with Crippen LogP contribution in [0.2, 0.25) is 0 Å². The first kappa shape index (κ1) is 7.59. The van der Waals surface area contributed by atoms with Gasteiger partial charge in [-0.05, 0) is 14.0 Å². The molecule has 0 aromatic carbocycles. The molecule has 3 nitrogen and oxygen atoms in total. The minimum Gasteiger partial charge on any atom is -0.322 e. The Kier molecular flexibility index (Phi) is 3.39. The molecule has 3 heteroatoms. The summed E-state index contributed by atoms with van der Waals surface area (Å²) in [7, 11) is 1.72. The molecule has 0 aliphatic rings. The Hall–Kier alpha value is -0.410. The van der Waals surface area contributed by atoms with Crippen LogP contribution >= 0.6 is 0 Å². The maximum absolute atomic E-state index is 10.6. The molecule has 0 fully saturated rings. The Bertz CT molecular complexity index is 80.5. The first-order chi connectivity index (χ1) is 3.68. The van der Waals surface area contributed by atoms with E-state index in [1.807, 2.05) is 0 Å². The lowest BCUT2D eigenvalue weighted by atomic mass is 10.2. The number of nitrogens with two attached hydrogens (primary N) is 1. The van der Waals surface area contributed by atoms with Crippen LogP contribution in [0.25, 0.3) is 0 Å². The van der Waals surface area contributed by atoms with Crippen molar-refractivity contribution in [2.45, 2.75) is 13.0 Å². The molecule has 1 unspecified atom stereocenters. The lowest BCUT2D eigenvalue weighted by Gasteiger charge is -2.00. The maximum atomic E-state index is 10.6. The summed E-state index contributed by atoms with van der Waals surface area (Å²) in [5.74, 6) is 0.0486. The molecule has 0 bridgehead atoms. The largest absolute Gasteiger partial charge is 0.322 e. The number of hydrogen-bond acceptors (Lipinski definition) is 3. The van der Waals surface area contributed by atoms with E-state index < -0.39 is 0 Å². The average molecular weight is 116 g/mol. The number of rotatable bonds is 3. The van der Waals surface area contributed by atoms with Crippen molar-refractivity contribution in [3.63, 3.8) is 0 Å². The predicted octanol–water partition coefficient (Wildman–Crippen LogP) is -0.878. The molecular formula is C5H12N2O. The minimum absolute atomic E-state index is 0.0486. The van der Waals surface area contributed by atoms with Crippen molar-refractivity contribution in [1.82, 2.24) is 5.32 Å². The average Bonchev–Trinajstić information content (AvgIpc) is 1.67. The van der Waals surface area contributed by atoms with Crippen LogP contribution in [-0.2, 0) is 4.79 Å². The topological polar surface area (TPSA) is 55.1 Å². The van der Waals surface area contributed by atoms with Crippen LogP contribution in [-0.4, -0.2) is 25.4 Å². The highest BCUT2D eigenvalue weighted by Gasteiger charge is 2.03. The second-order valence-corrected chi connectivity index (χ2v) is 1.79. The van der Waals surface area contributed by atoms with Gasteiger partial charge in [-0.2, -0.15) is 0 Å². The Balaban J connectivity index is 3.33. The molecule has 0 aliphatic heterocycles. The van der Waals surface area contributed by atoms with Gasteiger partial charge in [0.25, 0.3) is 0 Å². The van der Waals surface area contributed by atoms with E-state index in [-0.39, 0.29) is 11.8 Å².